The van der Waals surface area contributed by atoms with Crippen molar-refractivity contribution >= 4 is 5.78 Å². The SMILES string of the molecule is C[C@@H]1C(=O)C[C@@H]2[C@H]1CC[C@H]1[C@H]2CC[C@H]2C[C@@H](O)CC[C@@]21C. The molecule has 0 bridgehead atoms. The Morgan fingerprint density at radius 3 is 2.62 bits per heavy atom. The second-order valence-corrected chi connectivity index (χ2v) is 8.84. The van der Waals surface area contributed by atoms with Crippen LogP contribution in [0.2, 0.25) is 0 Å². The zero-order valence-electron chi connectivity index (χ0n) is 13.6. The van der Waals surface area contributed by atoms with Crippen molar-refractivity contribution in [2.45, 2.75) is 71.3 Å². The van der Waals surface area contributed by atoms with E-state index in [-0.39, 0.29) is 6.10 Å². The van der Waals surface area contributed by atoms with Crippen molar-refractivity contribution in [3.63, 3.8) is 0 Å². The summed E-state index contributed by atoms with van der Waals surface area (Å²) in [7, 11) is 0. The number of hydrogen-bond acceptors (Lipinski definition) is 2. The van der Waals surface area contributed by atoms with Crippen LogP contribution in [-0.2, 0) is 4.79 Å². The molecule has 2 nitrogen and oxygen atoms in total. The van der Waals surface area contributed by atoms with Crippen LogP contribution in [0.5, 0.6) is 0 Å². The van der Waals surface area contributed by atoms with E-state index < -0.39 is 0 Å². The number of carbonyl (C=O) groups is 1. The van der Waals surface area contributed by atoms with Gasteiger partial charge in [0.05, 0.1) is 6.10 Å². The van der Waals surface area contributed by atoms with Gasteiger partial charge in [-0.3, -0.25) is 4.79 Å². The van der Waals surface area contributed by atoms with Gasteiger partial charge in [0.15, 0.2) is 0 Å². The second kappa shape index (κ2) is 4.81. The van der Waals surface area contributed by atoms with Crippen LogP contribution in [0.15, 0.2) is 0 Å². The Labute approximate surface area is 128 Å². The molecule has 118 valence electrons. The van der Waals surface area contributed by atoms with Gasteiger partial charge in [-0.25, -0.2) is 0 Å². The number of ketones is 1. The maximum atomic E-state index is 12.2. The van der Waals surface area contributed by atoms with E-state index in [1.807, 2.05) is 0 Å². The summed E-state index contributed by atoms with van der Waals surface area (Å²) < 4.78 is 0. The van der Waals surface area contributed by atoms with Crippen LogP contribution in [0.25, 0.3) is 0 Å². The molecule has 0 aromatic heterocycles. The van der Waals surface area contributed by atoms with Crippen LogP contribution in [0.3, 0.4) is 0 Å². The van der Waals surface area contributed by atoms with E-state index in [4.69, 9.17) is 0 Å². The molecule has 0 amide bonds. The Balaban J connectivity index is 1.61. The molecule has 0 saturated heterocycles. The monoisotopic (exact) mass is 290 g/mol. The molecular formula is C19H30O2. The fourth-order valence-electron chi connectivity index (χ4n) is 6.96. The van der Waals surface area contributed by atoms with Gasteiger partial charge in [0.25, 0.3) is 0 Å². The first-order chi connectivity index (χ1) is 10.0. The summed E-state index contributed by atoms with van der Waals surface area (Å²) in [6.07, 6.45) is 9.29. The Bertz CT molecular complexity index is 445. The first-order valence-corrected chi connectivity index (χ1v) is 9.21. The zero-order chi connectivity index (χ0) is 14.8. The van der Waals surface area contributed by atoms with Gasteiger partial charge in [0, 0.05) is 12.3 Å². The molecule has 0 heterocycles. The number of hydrogen-bond donors (Lipinski definition) is 1. The average Bonchev–Trinajstić information content (AvgIpc) is 2.75. The highest BCUT2D eigenvalue weighted by Gasteiger charge is 2.57. The largest absolute Gasteiger partial charge is 0.393 e. The van der Waals surface area contributed by atoms with Crippen molar-refractivity contribution in [3.05, 3.63) is 0 Å². The summed E-state index contributed by atoms with van der Waals surface area (Å²) in [6, 6.07) is 0. The van der Waals surface area contributed by atoms with Crippen molar-refractivity contribution in [2.24, 2.45) is 40.9 Å². The van der Waals surface area contributed by atoms with Crippen molar-refractivity contribution in [1.29, 1.82) is 0 Å². The lowest BCUT2D eigenvalue weighted by atomic mass is 9.47. The van der Waals surface area contributed by atoms with Crippen LogP contribution >= 0.6 is 0 Å². The third-order valence-electron chi connectivity index (χ3n) is 8.22. The summed E-state index contributed by atoms with van der Waals surface area (Å²) in [5, 5.41) is 10.0. The second-order valence-electron chi connectivity index (χ2n) is 8.84. The first-order valence-electron chi connectivity index (χ1n) is 9.21. The van der Waals surface area contributed by atoms with Gasteiger partial charge in [-0.05, 0) is 80.0 Å². The standard InChI is InChI=1S/C19H30O2/c1-11-14-5-6-17-15(16(14)10-18(11)21)4-3-12-9-13(20)7-8-19(12,17)2/h11-17,20H,3-10H2,1-2H3/t11-,12-,13-,14-,15-,16+,17-,19-/m0/s1. The summed E-state index contributed by atoms with van der Waals surface area (Å²) in [4.78, 5) is 12.2. The molecule has 1 N–H and O–H groups in total. The van der Waals surface area contributed by atoms with Crippen LogP contribution < -0.4 is 0 Å². The Morgan fingerprint density at radius 2 is 1.81 bits per heavy atom. The predicted molar refractivity (Wildman–Crippen MR) is 82.7 cm³/mol. The van der Waals surface area contributed by atoms with Gasteiger partial charge in [-0.2, -0.15) is 0 Å². The Kier molecular flexibility index (Phi) is 3.26. The smallest absolute Gasteiger partial charge is 0.136 e. The number of Topliss-reactive ketones (excluding diaryl/α,β-unsaturated/α-hetero) is 1. The van der Waals surface area contributed by atoms with Crippen molar-refractivity contribution in [1.82, 2.24) is 0 Å². The Hall–Kier alpha value is -0.370. The molecule has 21 heavy (non-hydrogen) atoms. The Morgan fingerprint density at radius 1 is 1.05 bits per heavy atom. The van der Waals surface area contributed by atoms with E-state index in [2.05, 4.69) is 13.8 Å². The molecule has 4 fully saturated rings. The van der Waals surface area contributed by atoms with Gasteiger partial charge in [-0.1, -0.05) is 13.8 Å². The lowest BCUT2D eigenvalue weighted by molar-refractivity contribution is -0.120. The highest BCUT2D eigenvalue weighted by Crippen LogP contribution is 2.63. The van der Waals surface area contributed by atoms with Crippen molar-refractivity contribution in [2.75, 3.05) is 0 Å². The summed E-state index contributed by atoms with van der Waals surface area (Å²) >= 11 is 0. The van der Waals surface area contributed by atoms with E-state index in [1.165, 1.54) is 32.1 Å². The molecule has 0 spiro atoms. The number of aliphatic hydroxyl groups is 1. The van der Waals surface area contributed by atoms with Gasteiger partial charge >= 0.3 is 0 Å². The van der Waals surface area contributed by atoms with Crippen LogP contribution in [-0.4, -0.2) is 17.0 Å². The molecule has 0 aromatic rings. The molecule has 0 unspecified atom stereocenters. The molecule has 4 rings (SSSR count). The van der Waals surface area contributed by atoms with Crippen LogP contribution in [0.1, 0.15) is 65.2 Å². The van der Waals surface area contributed by atoms with E-state index in [9.17, 15) is 9.90 Å². The van der Waals surface area contributed by atoms with Gasteiger partial charge in [0.2, 0.25) is 0 Å². The topological polar surface area (TPSA) is 37.3 Å². The van der Waals surface area contributed by atoms with Crippen LogP contribution in [0, 0.1) is 40.9 Å². The van der Waals surface area contributed by atoms with Crippen LogP contribution in [0.4, 0.5) is 0 Å². The number of aliphatic hydroxyl groups excluding tert-OH is 1. The van der Waals surface area contributed by atoms with E-state index >= 15 is 0 Å². The van der Waals surface area contributed by atoms with E-state index in [1.54, 1.807) is 0 Å². The zero-order valence-corrected chi connectivity index (χ0v) is 13.6. The van der Waals surface area contributed by atoms with E-state index in [0.29, 0.717) is 29.0 Å². The molecule has 4 aliphatic carbocycles. The minimum atomic E-state index is -0.0518. The highest BCUT2D eigenvalue weighted by atomic mass is 16.3. The van der Waals surface area contributed by atoms with Crippen molar-refractivity contribution in [3.8, 4) is 0 Å². The summed E-state index contributed by atoms with van der Waals surface area (Å²) in [5.74, 6) is 4.60. The number of rotatable bonds is 0. The molecule has 2 heteroatoms. The molecule has 0 radical (unpaired) electrons. The lowest BCUT2D eigenvalue weighted by Gasteiger charge is -2.58. The molecule has 0 aliphatic heterocycles. The third-order valence-corrected chi connectivity index (χ3v) is 8.22. The fourth-order valence-corrected chi connectivity index (χ4v) is 6.96. The van der Waals surface area contributed by atoms with Gasteiger partial charge in [0.1, 0.15) is 5.78 Å². The van der Waals surface area contributed by atoms with E-state index in [0.717, 1.165) is 37.0 Å². The molecule has 4 aliphatic rings. The summed E-state index contributed by atoms with van der Waals surface area (Å²) in [5.41, 5.74) is 0.446. The van der Waals surface area contributed by atoms with Crippen molar-refractivity contribution < 1.29 is 9.90 Å². The minimum Gasteiger partial charge on any atom is -0.393 e. The number of fused-ring (bicyclic) bond motifs is 5. The third kappa shape index (κ3) is 1.97. The quantitative estimate of drug-likeness (QED) is 0.736. The molecule has 4 saturated carbocycles. The molecule has 0 aromatic carbocycles. The minimum absolute atomic E-state index is 0.0518. The first kappa shape index (κ1) is 14.2. The normalized spacial score (nSPS) is 56.5. The molecule has 8 atom stereocenters. The maximum absolute atomic E-state index is 12.2. The van der Waals surface area contributed by atoms with Gasteiger partial charge in [-0.15, -0.1) is 0 Å². The predicted octanol–water partition coefficient (Wildman–Crippen LogP) is 3.82. The average molecular weight is 290 g/mol. The maximum Gasteiger partial charge on any atom is 0.136 e. The molecular weight excluding hydrogens is 260 g/mol. The number of carbonyl (C=O) groups excluding carboxylic acids is 1. The summed E-state index contributed by atoms with van der Waals surface area (Å²) in [6.45, 7) is 4.69. The highest BCUT2D eigenvalue weighted by molar-refractivity contribution is 5.83. The fraction of sp³-hybridized carbons (Fsp3) is 0.947. The van der Waals surface area contributed by atoms with Gasteiger partial charge < -0.3 is 5.11 Å². The lowest BCUT2D eigenvalue weighted by Crippen LogP contribution is -2.51.